The zero-order valence-corrected chi connectivity index (χ0v) is 11.2. The van der Waals surface area contributed by atoms with E-state index in [1.807, 2.05) is 37.5 Å². The predicted octanol–water partition coefficient (Wildman–Crippen LogP) is 3.29. The number of hydrogen-bond acceptors (Lipinski definition) is 1. The van der Waals surface area contributed by atoms with Crippen LogP contribution < -0.4 is 0 Å². The van der Waals surface area contributed by atoms with Crippen molar-refractivity contribution in [3.8, 4) is 0 Å². The number of benzene rings is 1. The Balaban J connectivity index is 2.16. The molecular weight excluding hydrogens is 224 g/mol. The van der Waals surface area contributed by atoms with Gasteiger partial charge in [-0.15, -0.1) is 0 Å². The molecule has 0 radical (unpaired) electrons. The quantitative estimate of drug-likeness (QED) is 0.880. The van der Waals surface area contributed by atoms with Gasteiger partial charge in [0, 0.05) is 30.9 Å². The van der Waals surface area contributed by atoms with E-state index in [-0.39, 0.29) is 5.91 Å². The van der Waals surface area contributed by atoms with Crippen LogP contribution in [0.25, 0.3) is 10.9 Å². The van der Waals surface area contributed by atoms with E-state index in [9.17, 15) is 4.79 Å². The molecule has 3 nitrogen and oxygen atoms in total. The first-order valence-electron chi connectivity index (χ1n) is 6.44. The number of nitrogens with zero attached hydrogens (tertiary/aromatic N) is 1. The summed E-state index contributed by atoms with van der Waals surface area (Å²) < 4.78 is 0. The lowest BCUT2D eigenvalue weighted by atomic mass is 10.1. The van der Waals surface area contributed by atoms with Crippen molar-refractivity contribution in [2.45, 2.75) is 20.3 Å². The smallest absolute Gasteiger partial charge is 0.253 e. The molecule has 0 aliphatic carbocycles. The van der Waals surface area contributed by atoms with Gasteiger partial charge in [0.05, 0.1) is 0 Å². The van der Waals surface area contributed by atoms with Gasteiger partial charge in [-0.3, -0.25) is 4.79 Å². The molecule has 1 aromatic heterocycles. The summed E-state index contributed by atoms with van der Waals surface area (Å²) in [7, 11) is 1.87. The highest BCUT2D eigenvalue weighted by molar-refractivity contribution is 5.97. The van der Waals surface area contributed by atoms with Gasteiger partial charge in [-0.1, -0.05) is 26.3 Å². The SMILES string of the molecule is CCC(C)CN(C)C(=O)c1ccc2cc[nH]c2c1. The Labute approximate surface area is 108 Å². The number of nitrogens with one attached hydrogen (secondary N) is 1. The molecule has 1 heterocycles. The molecule has 1 amide bonds. The Hall–Kier alpha value is -1.77. The van der Waals surface area contributed by atoms with Crippen LogP contribution in [0.2, 0.25) is 0 Å². The number of fused-ring (bicyclic) bond motifs is 1. The van der Waals surface area contributed by atoms with Crippen LogP contribution in [0, 0.1) is 5.92 Å². The van der Waals surface area contributed by atoms with Crippen molar-refractivity contribution in [3.05, 3.63) is 36.0 Å². The molecule has 3 heteroatoms. The van der Waals surface area contributed by atoms with Crippen LogP contribution in [0.5, 0.6) is 0 Å². The van der Waals surface area contributed by atoms with Crippen LogP contribution in [0.15, 0.2) is 30.5 Å². The predicted molar refractivity (Wildman–Crippen MR) is 74.7 cm³/mol. The van der Waals surface area contributed by atoms with Crippen molar-refractivity contribution in [2.75, 3.05) is 13.6 Å². The summed E-state index contributed by atoms with van der Waals surface area (Å²) in [6.07, 6.45) is 2.98. The number of rotatable bonds is 4. The molecule has 0 saturated heterocycles. The molecule has 96 valence electrons. The zero-order chi connectivity index (χ0) is 13.1. The van der Waals surface area contributed by atoms with Gasteiger partial charge in [0.15, 0.2) is 0 Å². The summed E-state index contributed by atoms with van der Waals surface area (Å²) in [6, 6.07) is 7.80. The second-order valence-corrected chi connectivity index (χ2v) is 4.98. The van der Waals surface area contributed by atoms with Gasteiger partial charge >= 0.3 is 0 Å². The molecule has 1 unspecified atom stereocenters. The van der Waals surface area contributed by atoms with E-state index in [2.05, 4.69) is 18.8 Å². The summed E-state index contributed by atoms with van der Waals surface area (Å²) in [5.74, 6) is 0.625. The van der Waals surface area contributed by atoms with Crippen molar-refractivity contribution < 1.29 is 4.79 Å². The number of aromatic amines is 1. The maximum absolute atomic E-state index is 12.3. The minimum absolute atomic E-state index is 0.0896. The Morgan fingerprint density at radius 2 is 2.17 bits per heavy atom. The van der Waals surface area contributed by atoms with Gasteiger partial charge in [0.25, 0.3) is 5.91 Å². The van der Waals surface area contributed by atoms with Crippen LogP contribution in [0.1, 0.15) is 30.6 Å². The third-order valence-electron chi connectivity index (χ3n) is 3.43. The van der Waals surface area contributed by atoms with E-state index in [0.717, 1.165) is 29.4 Å². The van der Waals surface area contributed by atoms with Crippen LogP contribution in [-0.2, 0) is 0 Å². The summed E-state index contributed by atoms with van der Waals surface area (Å²) in [5, 5.41) is 1.14. The average Bonchev–Trinajstić information content (AvgIpc) is 2.84. The van der Waals surface area contributed by atoms with Crippen LogP contribution in [0.4, 0.5) is 0 Å². The zero-order valence-electron chi connectivity index (χ0n) is 11.2. The molecule has 2 aromatic rings. The number of hydrogen-bond donors (Lipinski definition) is 1. The van der Waals surface area contributed by atoms with E-state index in [4.69, 9.17) is 0 Å². The van der Waals surface area contributed by atoms with Gasteiger partial charge in [-0.2, -0.15) is 0 Å². The monoisotopic (exact) mass is 244 g/mol. The maximum atomic E-state index is 12.3. The molecule has 1 aromatic carbocycles. The van der Waals surface area contributed by atoms with Crippen LogP contribution >= 0.6 is 0 Å². The molecule has 1 atom stereocenters. The van der Waals surface area contributed by atoms with E-state index in [1.54, 1.807) is 4.90 Å². The Bertz CT molecular complexity index is 544. The molecule has 0 aliphatic heterocycles. The molecule has 18 heavy (non-hydrogen) atoms. The highest BCUT2D eigenvalue weighted by atomic mass is 16.2. The highest BCUT2D eigenvalue weighted by Gasteiger charge is 2.14. The molecule has 0 aliphatic rings. The second kappa shape index (κ2) is 5.25. The minimum Gasteiger partial charge on any atom is -0.361 e. The van der Waals surface area contributed by atoms with Crippen molar-refractivity contribution in [3.63, 3.8) is 0 Å². The van der Waals surface area contributed by atoms with Gasteiger partial charge in [0.2, 0.25) is 0 Å². The van der Waals surface area contributed by atoms with Gasteiger partial charge in [-0.25, -0.2) is 0 Å². The van der Waals surface area contributed by atoms with E-state index >= 15 is 0 Å². The van der Waals surface area contributed by atoms with E-state index in [1.165, 1.54) is 0 Å². The normalized spacial score (nSPS) is 12.6. The second-order valence-electron chi connectivity index (χ2n) is 4.98. The highest BCUT2D eigenvalue weighted by Crippen LogP contribution is 2.16. The molecule has 0 saturated carbocycles. The van der Waals surface area contributed by atoms with Crippen molar-refractivity contribution in [1.29, 1.82) is 0 Å². The fourth-order valence-corrected chi connectivity index (χ4v) is 2.08. The summed E-state index contributed by atoms with van der Waals surface area (Å²) in [6.45, 7) is 5.12. The first-order chi connectivity index (χ1) is 8.61. The number of aromatic nitrogens is 1. The Kier molecular flexibility index (Phi) is 3.70. The van der Waals surface area contributed by atoms with E-state index < -0.39 is 0 Å². The van der Waals surface area contributed by atoms with Crippen molar-refractivity contribution >= 4 is 16.8 Å². The fourth-order valence-electron chi connectivity index (χ4n) is 2.08. The molecule has 2 rings (SSSR count). The lowest BCUT2D eigenvalue weighted by Gasteiger charge is -2.20. The number of carbonyl (C=O) groups is 1. The molecule has 0 bridgehead atoms. The fraction of sp³-hybridized carbons (Fsp3) is 0.400. The molecule has 0 spiro atoms. The average molecular weight is 244 g/mol. The largest absolute Gasteiger partial charge is 0.361 e. The Morgan fingerprint density at radius 1 is 1.39 bits per heavy atom. The topological polar surface area (TPSA) is 36.1 Å². The third-order valence-corrected chi connectivity index (χ3v) is 3.43. The van der Waals surface area contributed by atoms with E-state index in [0.29, 0.717) is 5.92 Å². The first kappa shape index (κ1) is 12.7. The minimum atomic E-state index is 0.0896. The third kappa shape index (κ3) is 2.55. The summed E-state index contributed by atoms with van der Waals surface area (Å²) in [4.78, 5) is 17.2. The summed E-state index contributed by atoms with van der Waals surface area (Å²) >= 11 is 0. The van der Waals surface area contributed by atoms with Gasteiger partial charge in [-0.05, 0) is 29.5 Å². The first-order valence-corrected chi connectivity index (χ1v) is 6.44. The number of carbonyl (C=O) groups excluding carboxylic acids is 1. The Morgan fingerprint density at radius 3 is 2.89 bits per heavy atom. The molecule has 1 N–H and O–H groups in total. The standard InChI is InChI=1S/C15H20N2O/c1-4-11(2)10-17(3)15(18)13-6-5-12-7-8-16-14(12)9-13/h5-9,11,16H,4,10H2,1-3H3. The molecular formula is C15H20N2O. The number of H-pyrrole nitrogens is 1. The molecule has 0 fully saturated rings. The van der Waals surface area contributed by atoms with Crippen LogP contribution in [0.3, 0.4) is 0 Å². The maximum Gasteiger partial charge on any atom is 0.253 e. The van der Waals surface area contributed by atoms with Crippen molar-refractivity contribution in [1.82, 2.24) is 9.88 Å². The lowest BCUT2D eigenvalue weighted by molar-refractivity contribution is 0.0775. The van der Waals surface area contributed by atoms with Gasteiger partial charge in [0.1, 0.15) is 0 Å². The summed E-state index contributed by atoms with van der Waals surface area (Å²) in [5.41, 5.74) is 1.76. The lowest BCUT2D eigenvalue weighted by Crippen LogP contribution is -2.30. The number of amides is 1. The van der Waals surface area contributed by atoms with Crippen molar-refractivity contribution in [2.24, 2.45) is 5.92 Å². The van der Waals surface area contributed by atoms with Crippen LogP contribution in [-0.4, -0.2) is 29.4 Å². The van der Waals surface area contributed by atoms with Gasteiger partial charge < -0.3 is 9.88 Å².